The standard InChI is InChI=1S/C14H15NO4/c1-15(13(17)14(7-16)8-18-9-14)11-6-19-12-5-3-2-4-10(11)12/h2-6,16H,7-9H2,1H3. The molecule has 3 rings (SSSR count). The highest BCUT2D eigenvalue weighted by Crippen LogP contribution is 2.34. The maximum atomic E-state index is 12.5. The second-order valence-electron chi connectivity index (χ2n) is 4.91. The predicted octanol–water partition coefficient (Wildman–Crippen LogP) is 1.40. The minimum absolute atomic E-state index is 0.146. The van der Waals surface area contributed by atoms with Gasteiger partial charge in [-0.05, 0) is 12.1 Å². The topological polar surface area (TPSA) is 62.9 Å². The van der Waals surface area contributed by atoms with Crippen LogP contribution in [0.2, 0.25) is 0 Å². The first-order valence-electron chi connectivity index (χ1n) is 6.11. The molecule has 1 amide bonds. The summed E-state index contributed by atoms with van der Waals surface area (Å²) in [4.78, 5) is 14.0. The highest BCUT2D eigenvalue weighted by atomic mass is 16.5. The maximum absolute atomic E-state index is 12.5. The van der Waals surface area contributed by atoms with Gasteiger partial charge in [0.1, 0.15) is 17.3 Å². The quantitative estimate of drug-likeness (QED) is 0.907. The molecule has 5 nitrogen and oxygen atoms in total. The lowest BCUT2D eigenvalue weighted by Gasteiger charge is -2.40. The molecule has 5 heteroatoms. The summed E-state index contributed by atoms with van der Waals surface area (Å²) in [5.41, 5.74) is 0.646. The van der Waals surface area contributed by atoms with E-state index in [1.807, 2.05) is 24.3 Å². The molecule has 0 saturated carbocycles. The van der Waals surface area contributed by atoms with Crippen molar-refractivity contribution in [3.8, 4) is 0 Å². The van der Waals surface area contributed by atoms with Crippen LogP contribution in [-0.2, 0) is 9.53 Å². The van der Waals surface area contributed by atoms with Crippen molar-refractivity contribution in [2.24, 2.45) is 5.41 Å². The Morgan fingerprint density at radius 1 is 1.42 bits per heavy atom. The van der Waals surface area contributed by atoms with Gasteiger partial charge in [-0.1, -0.05) is 12.1 Å². The van der Waals surface area contributed by atoms with Crippen molar-refractivity contribution in [2.75, 3.05) is 31.8 Å². The first kappa shape index (κ1) is 12.2. The minimum Gasteiger partial charge on any atom is -0.462 e. The Morgan fingerprint density at radius 3 is 2.79 bits per heavy atom. The number of hydrogen-bond donors (Lipinski definition) is 1. The van der Waals surface area contributed by atoms with Gasteiger partial charge in [0.05, 0.1) is 25.5 Å². The van der Waals surface area contributed by atoms with Crippen LogP contribution in [0, 0.1) is 5.41 Å². The molecule has 0 atom stereocenters. The van der Waals surface area contributed by atoms with E-state index in [9.17, 15) is 9.90 Å². The third kappa shape index (κ3) is 1.74. The fourth-order valence-electron chi connectivity index (χ4n) is 2.32. The van der Waals surface area contributed by atoms with Gasteiger partial charge in [0.25, 0.3) is 0 Å². The van der Waals surface area contributed by atoms with E-state index in [2.05, 4.69) is 0 Å². The number of aliphatic hydroxyl groups is 1. The number of furan rings is 1. The van der Waals surface area contributed by atoms with Gasteiger partial charge in [-0.15, -0.1) is 0 Å². The lowest BCUT2D eigenvalue weighted by molar-refractivity contribution is -0.166. The first-order valence-corrected chi connectivity index (χ1v) is 6.11. The van der Waals surface area contributed by atoms with Gasteiger partial charge in [-0.3, -0.25) is 4.79 Å². The maximum Gasteiger partial charge on any atom is 0.240 e. The van der Waals surface area contributed by atoms with Crippen molar-refractivity contribution in [2.45, 2.75) is 0 Å². The zero-order valence-electron chi connectivity index (χ0n) is 10.6. The van der Waals surface area contributed by atoms with Gasteiger partial charge in [0, 0.05) is 12.4 Å². The highest BCUT2D eigenvalue weighted by Gasteiger charge is 2.47. The SMILES string of the molecule is CN(C(=O)C1(CO)COC1)c1coc2ccccc12. The molecule has 0 bridgehead atoms. The number of fused-ring (bicyclic) bond motifs is 1. The summed E-state index contributed by atoms with van der Waals surface area (Å²) in [6.45, 7) is 0.330. The van der Waals surface area contributed by atoms with E-state index in [4.69, 9.17) is 9.15 Å². The Hall–Kier alpha value is -1.85. The Morgan fingerprint density at radius 2 is 2.16 bits per heavy atom. The number of hydrogen-bond acceptors (Lipinski definition) is 4. The van der Waals surface area contributed by atoms with Crippen molar-refractivity contribution in [1.29, 1.82) is 0 Å². The van der Waals surface area contributed by atoms with Crippen LogP contribution < -0.4 is 4.90 Å². The number of amides is 1. The average Bonchev–Trinajstić information content (AvgIpc) is 2.81. The lowest BCUT2D eigenvalue weighted by Crippen LogP contribution is -2.56. The molecule has 0 radical (unpaired) electrons. The van der Waals surface area contributed by atoms with Crippen molar-refractivity contribution in [1.82, 2.24) is 0 Å². The molecule has 0 spiro atoms. The molecule has 1 aromatic carbocycles. The summed E-state index contributed by atoms with van der Waals surface area (Å²) in [7, 11) is 1.69. The Balaban J connectivity index is 1.95. The van der Waals surface area contributed by atoms with Gasteiger partial charge in [-0.25, -0.2) is 0 Å². The highest BCUT2D eigenvalue weighted by molar-refractivity contribution is 6.04. The molecule has 2 heterocycles. The van der Waals surface area contributed by atoms with Crippen LogP contribution >= 0.6 is 0 Å². The summed E-state index contributed by atoms with van der Waals surface area (Å²) >= 11 is 0. The number of ether oxygens (including phenoxy) is 1. The van der Waals surface area contributed by atoms with Crippen molar-refractivity contribution < 1.29 is 19.1 Å². The van der Waals surface area contributed by atoms with Gasteiger partial charge in [-0.2, -0.15) is 0 Å². The second-order valence-corrected chi connectivity index (χ2v) is 4.91. The van der Waals surface area contributed by atoms with Crippen LogP contribution in [0.15, 0.2) is 34.9 Å². The predicted molar refractivity (Wildman–Crippen MR) is 70.0 cm³/mol. The number of nitrogens with zero attached hydrogens (tertiary/aromatic N) is 1. The molecule has 1 aliphatic rings. The second kappa shape index (κ2) is 4.36. The molecular formula is C14H15NO4. The third-order valence-corrected chi connectivity index (χ3v) is 3.64. The smallest absolute Gasteiger partial charge is 0.240 e. The van der Waals surface area contributed by atoms with Crippen molar-refractivity contribution >= 4 is 22.6 Å². The summed E-state index contributed by atoms with van der Waals surface area (Å²) in [6.07, 6.45) is 1.56. The van der Waals surface area contributed by atoms with Gasteiger partial charge in [0.15, 0.2) is 0 Å². The zero-order valence-corrected chi connectivity index (χ0v) is 10.6. The molecule has 0 aliphatic carbocycles. The summed E-state index contributed by atoms with van der Waals surface area (Å²) in [5, 5.41) is 10.3. The van der Waals surface area contributed by atoms with Crippen LogP contribution in [0.1, 0.15) is 0 Å². The first-order chi connectivity index (χ1) is 9.18. The monoisotopic (exact) mass is 261 g/mol. The van der Waals surface area contributed by atoms with Crippen LogP contribution in [0.25, 0.3) is 11.0 Å². The number of para-hydroxylation sites is 1. The average molecular weight is 261 g/mol. The minimum atomic E-state index is -0.798. The van der Waals surface area contributed by atoms with E-state index >= 15 is 0 Å². The van der Waals surface area contributed by atoms with Gasteiger partial charge < -0.3 is 19.2 Å². The molecule has 0 unspecified atom stereocenters. The Labute approximate surface area is 110 Å². The molecular weight excluding hydrogens is 246 g/mol. The molecule has 100 valence electrons. The largest absolute Gasteiger partial charge is 0.462 e. The molecule has 19 heavy (non-hydrogen) atoms. The Kier molecular flexibility index (Phi) is 2.80. The molecule has 1 aliphatic heterocycles. The lowest BCUT2D eigenvalue weighted by atomic mass is 9.85. The van der Waals surface area contributed by atoms with Gasteiger partial charge >= 0.3 is 0 Å². The number of anilines is 1. The number of rotatable bonds is 3. The van der Waals surface area contributed by atoms with Crippen molar-refractivity contribution in [3.05, 3.63) is 30.5 Å². The van der Waals surface area contributed by atoms with E-state index in [-0.39, 0.29) is 25.7 Å². The number of carbonyl (C=O) groups excluding carboxylic acids is 1. The normalized spacial score (nSPS) is 17.2. The zero-order chi connectivity index (χ0) is 13.5. The molecule has 1 saturated heterocycles. The summed E-state index contributed by atoms with van der Waals surface area (Å²) in [5.74, 6) is -0.146. The van der Waals surface area contributed by atoms with Crippen LogP contribution in [0.5, 0.6) is 0 Å². The summed E-state index contributed by atoms with van der Waals surface area (Å²) in [6, 6.07) is 7.53. The number of benzene rings is 1. The van der Waals surface area contributed by atoms with E-state index in [0.29, 0.717) is 5.69 Å². The van der Waals surface area contributed by atoms with Gasteiger partial charge in [0.2, 0.25) is 5.91 Å². The van der Waals surface area contributed by atoms with E-state index in [1.165, 1.54) is 4.90 Å². The molecule has 1 fully saturated rings. The fourth-order valence-corrected chi connectivity index (χ4v) is 2.32. The van der Waals surface area contributed by atoms with E-state index in [1.54, 1.807) is 13.3 Å². The molecule has 2 aromatic rings. The number of carbonyl (C=O) groups is 1. The molecule has 1 N–H and O–H groups in total. The van der Waals surface area contributed by atoms with Crippen LogP contribution in [0.4, 0.5) is 5.69 Å². The van der Waals surface area contributed by atoms with E-state index in [0.717, 1.165) is 11.0 Å². The molecule has 1 aromatic heterocycles. The number of aliphatic hydroxyl groups excluding tert-OH is 1. The Bertz CT molecular complexity index is 609. The van der Waals surface area contributed by atoms with Crippen LogP contribution in [-0.4, -0.2) is 37.9 Å². The van der Waals surface area contributed by atoms with Crippen molar-refractivity contribution in [3.63, 3.8) is 0 Å². The fraction of sp³-hybridized carbons (Fsp3) is 0.357. The third-order valence-electron chi connectivity index (χ3n) is 3.64. The van der Waals surface area contributed by atoms with Crippen LogP contribution in [0.3, 0.4) is 0 Å². The van der Waals surface area contributed by atoms with E-state index < -0.39 is 5.41 Å². The summed E-state index contributed by atoms with van der Waals surface area (Å²) < 4.78 is 10.5.